The van der Waals surface area contributed by atoms with Crippen LogP contribution in [0.4, 0.5) is 17.3 Å². The van der Waals surface area contributed by atoms with Crippen LogP contribution in [0.15, 0.2) is 54.9 Å². The van der Waals surface area contributed by atoms with Crippen molar-refractivity contribution in [2.75, 3.05) is 56.7 Å². The molecule has 1 spiro atoms. The highest BCUT2D eigenvalue weighted by atomic mass is 16.5. The molecule has 176 valence electrons. The molecule has 0 bridgehead atoms. The van der Waals surface area contributed by atoms with Gasteiger partial charge in [-0.15, -0.1) is 0 Å². The summed E-state index contributed by atoms with van der Waals surface area (Å²) < 4.78 is 5.58. The quantitative estimate of drug-likeness (QED) is 0.561. The van der Waals surface area contributed by atoms with Crippen LogP contribution in [0.2, 0.25) is 0 Å². The van der Waals surface area contributed by atoms with Gasteiger partial charge < -0.3 is 25.0 Å². The summed E-state index contributed by atoms with van der Waals surface area (Å²) in [5.41, 5.74) is 5.63. The monoisotopic (exact) mass is 459 g/mol. The number of rotatable bonds is 7. The molecule has 3 aromatic rings. The second-order valence-corrected chi connectivity index (χ2v) is 8.92. The molecule has 2 aromatic carbocycles. The number of aromatic nitrogens is 2. The van der Waals surface area contributed by atoms with Crippen molar-refractivity contribution in [2.45, 2.75) is 12.3 Å². The molecule has 0 atom stereocenters. The largest absolute Gasteiger partial charge is 0.395 e. The molecular formula is C26H29N5O3. The molecule has 1 saturated heterocycles. The number of aliphatic hydroxyl groups is 1. The van der Waals surface area contributed by atoms with Gasteiger partial charge in [-0.3, -0.25) is 4.79 Å². The molecule has 5 rings (SSSR count). The maximum Gasteiger partial charge on any atom is 0.253 e. The Hall–Kier alpha value is -3.49. The van der Waals surface area contributed by atoms with Crippen LogP contribution in [-0.4, -0.2) is 72.4 Å². The highest BCUT2D eigenvalue weighted by Gasteiger charge is 2.49. The molecule has 2 aliphatic heterocycles. The number of amides is 1. The number of aliphatic hydroxyl groups excluding tert-OH is 1. The van der Waals surface area contributed by atoms with Gasteiger partial charge >= 0.3 is 0 Å². The number of ether oxygens (including phenoxy) is 1. The van der Waals surface area contributed by atoms with Crippen LogP contribution in [-0.2, 0) is 10.2 Å². The van der Waals surface area contributed by atoms with E-state index in [1.807, 2.05) is 48.8 Å². The van der Waals surface area contributed by atoms with Crippen molar-refractivity contribution in [1.29, 1.82) is 0 Å². The molecule has 2 N–H and O–H groups in total. The molecule has 34 heavy (non-hydrogen) atoms. The van der Waals surface area contributed by atoms with Gasteiger partial charge in [0.15, 0.2) is 0 Å². The first-order valence-corrected chi connectivity index (χ1v) is 11.6. The molecule has 0 radical (unpaired) electrons. The molecule has 0 unspecified atom stereocenters. The molecule has 8 nitrogen and oxygen atoms in total. The predicted molar refractivity (Wildman–Crippen MR) is 132 cm³/mol. The SMILES string of the molecule is CCNc1cccc(-c2cnc(N3CC4(COC4)c4ccc(C(=O)N(C)CCO)cc43)nc2)c1. The molecule has 0 aliphatic carbocycles. The number of hydrogen-bond acceptors (Lipinski definition) is 7. The van der Waals surface area contributed by atoms with Gasteiger partial charge in [0.25, 0.3) is 5.91 Å². The average molecular weight is 460 g/mol. The summed E-state index contributed by atoms with van der Waals surface area (Å²) in [5, 5.41) is 12.5. The van der Waals surface area contributed by atoms with Crippen molar-refractivity contribution in [2.24, 2.45) is 0 Å². The highest BCUT2D eigenvalue weighted by molar-refractivity contribution is 5.96. The third-order valence-corrected chi connectivity index (χ3v) is 6.56. The van der Waals surface area contributed by atoms with Crippen molar-refractivity contribution < 1.29 is 14.6 Å². The third kappa shape index (κ3) is 3.89. The van der Waals surface area contributed by atoms with Crippen LogP contribution in [0, 0.1) is 0 Å². The van der Waals surface area contributed by atoms with Gasteiger partial charge in [0.05, 0.1) is 25.2 Å². The minimum atomic E-state index is -0.126. The number of carbonyl (C=O) groups is 1. The Balaban J connectivity index is 1.46. The number of likely N-dealkylation sites (N-methyl/N-ethyl adjacent to an activating group) is 1. The molecule has 1 aromatic heterocycles. The van der Waals surface area contributed by atoms with Gasteiger partial charge in [0.1, 0.15) is 0 Å². The minimum Gasteiger partial charge on any atom is -0.395 e. The number of fused-ring (bicyclic) bond motifs is 2. The van der Waals surface area contributed by atoms with Gasteiger partial charge in [-0.05, 0) is 42.3 Å². The fourth-order valence-electron chi connectivity index (χ4n) is 4.68. The Labute approximate surface area is 199 Å². The molecule has 2 aliphatic rings. The Morgan fingerprint density at radius 1 is 1.18 bits per heavy atom. The Kier molecular flexibility index (Phi) is 5.93. The number of carbonyl (C=O) groups excluding carboxylic acids is 1. The van der Waals surface area contributed by atoms with E-state index in [2.05, 4.69) is 23.2 Å². The van der Waals surface area contributed by atoms with Crippen molar-refractivity contribution in [3.05, 3.63) is 66.0 Å². The number of benzene rings is 2. The maximum atomic E-state index is 12.8. The van der Waals surface area contributed by atoms with E-state index in [4.69, 9.17) is 14.7 Å². The fourth-order valence-corrected chi connectivity index (χ4v) is 4.68. The summed E-state index contributed by atoms with van der Waals surface area (Å²) in [6.45, 7) is 5.14. The Morgan fingerprint density at radius 3 is 2.65 bits per heavy atom. The number of hydrogen-bond donors (Lipinski definition) is 2. The van der Waals surface area contributed by atoms with Crippen molar-refractivity contribution in [1.82, 2.24) is 14.9 Å². The minimum absolute atomic E-state index is 0.0721. The lowest BCUT2D eigenvalue weighted by Gasteiger charge is -2.38. The molecule has 1 fully saturated rings. The van der Waals surface area contributed by atoms with Crippen LogP contribution >= 0.6 is 0 Å². The van der Waals surface area contributed by atoms with E-state index in [1.165, 1.54) is 4.90 Å². The number of nitrogens with one attached hydrogen (secondary N) is 1. The van der Waals surface area contributed by atoms with E-state index in [1.54, 1.807) is 7.05 Å². The molecule has 1 amide bonds. The predicted octanol–water partition coefficient (Wildman–Crippen LogP) is 3.06. The zero-order valence-electron chi connectivity index (χ0n) is 19.5. The lowest BCUT2D eigenvalue weighted by atomic mass is 9.80. The van der Waals surface area contributed by atoms with Crippen molar-refractivity contribution in [3.63, 3.8) is 0 Å². The lowest BCUT2D eigenvalue weighted by Crippen LogP contribution is -2.49. The maximum absolute atomic E-state index is 12.8. The van der Waals surface area contributed by atoms with E-state index in [0.717, 1.165) is 34.6 Å². The Bertz CT molecular complexity index is 1190. The van der Waals surface area contributed by atoms with Gasteiger partial charge in [0.2, 0.25) is 5.95 Å². The summed E-state index contributed by atoms with van der Waals surface area (Å²) in [6.07, 6.45) is 3.69. The standard InChI is InChI=1S/C26H29N5O3/c1-3-27-21-6-4-5-18(11-21)20-13-28-25(29-14-20)31-15-26(16-34-17-26)22-8-7-19(12-23(22)31)24(33)30(2)9-10-32/h4-8,11-14,27,32H,3,9-10,15-17H2,1-2H3. The van der Waals surface area contributed by atoms with Crippen LogP contribution < -0.4 is 10.2 Å². The van der Waals surface area contributed by atoms with Gasteiger partial charge in [-0.2, -0.15) is 0 Å². The summed E-state index contributed by atoms with van der Waals surface area (Å²) in [7, 11) is 1.69. The van der Waals surface area contributed by atoms with E-state index in [0.29, 0.717) is 31.3 Å². The van der Waals surface area contributed by atoms with Gasteiger partial charge in [-0.25, -0.2) is 9.97 Å². The first kappa shape index (κ1) is 22.3. The third-order valence-electron chi connectivity index (χ3n) is 6.56. The smallest absolute Gasteiger partial charge is 0.253 e. The summed E-state index contributed by atoms with van der Waals surface area (Å²) in [5.74, 6) is 0.476. The van der Waals surface area contributed by atoms with Crippen LogP contribution in [0.3, 0.4) is 0 Å². The summed E-state index contributed by atoms with van der Waals surface area (Å²) in [4.78, 5) is 25.8. The summed E-state index contributed by atoms with van der Waals surface area (Å²) in [6, 6.07) is 14.0. The second-order valence-electron chi connectivity index (χ2n) is 8.92. The molecular weight excluding hydrogens is 430 g/mol. The van der Waals surface area contributed by atoms with Gasteiger partial charge in [-0.1, -0.05) is 18.2 Å². The molecule has 0 saturated carbocycles. The molecule has 8 heteroatoms. The summed E-state index contributed by atoms with van der Waals surface area (Å²) >= 11 is 0. The van der Waals surface area contributed by atoms with E-state index >= 15 is 0 Å². The van der Waals surface area contributed by atoms with Crippen molar-refractivity contribution >= 4 is 23.2 Å². The number of nitrogens with zero attached hydrogens (tertiary/aromatic N) is 4. The van der Waals surface area contributed by atoms with E-state index < -0.39 is 0 Å². The average Bonchev–Trinajstić information content (AvgIpc) is 3.20. The van der Waals surface area contributed by atoms with Crippen LogP contribution in [0.25, 0.3) is 11.1 Å². The highest BCUT2D eigenvalue weighted by Crippen LogP contribution is 2.47. The Morgan fingerprint density at radius 2 is 1.97 bits per heavy atom. The number of anilines is 3. The van der Waals surface area contributed by atoms with Gasteiger partial charge in [0, 0.05) is 61.6 Å². The van der Waals surface area contributed by atoms with Crippen molar-refractivity contribution in [3.8, 4) is 11.1 Å². The fraction of sp³-hybridized carbons (Fsp3) is 0.346. The van der Waals surface area contributed by atoms with E-state index in [9.17, 15) is 9.90 Å². The van der Waals surface area contributed by atoms with E-state index in [-0.39, 0.29) is 24.5 Å². The first-order valence-electron chi connectivity index (χ1n) is 11.6. The second kappa shape index (κ2) is 9.04. The zero-order valence-corrected chi connectivity index (χ0v) is 19.5. The topological polar surface area (TPSA) is 90.8 Å². The van der Waals surface area contributed by atoms with Crippen LogP contribution in [0.1, 0.15) is 22.8 Å². The normalized spacial score (nSPS) is 15.7. The zero-order chi connectivity index (χ0) is 23.7. The lowest BCUT2D eigenvalue weighted by molar-refractivity contribution is -0.0507. The van der Waals surface area contributed by atoms with Crippen LogP contribution in [0.5, 0.6) is 0 Å². The molecule has 3 heterocycles. The first-order chi connectivity index (χ1) is 16.5.